The first-order valence-electron chi connectivity index (χ1n) is 10.3. The molecule has 4 rings (SSSR count). The number of aromatic nitrogens is 2. The molecule has 0 aliphatic rings. The van der Waals surface area contributed by atoms with E-state index in [1.54, 1.807) is 42.5 Å². The second kappa shape index (κ2) is 9.34. The van der Waals surface area contributed by atoms with Crippen LogP contribution in [-0.2, 0) is 11.3 Å². The summed E-state index contributed by atoms with van der Waals surface area (Å²) in [5.41, 5.74) is 0.879. The van der Waals surface area contributed by atoms with Gasteiger partial charge in [-0.25, -0.2) is 4.68 Å². The van der Waals surface area contributed by atoms with E-state index >= 15 is 0 Å². The van der Waals surface area contributed by atoms with Crippen LogP contribution in [-0.4, -0.2) is 22.3 Å². The van der Waals surface area contributed by atoms with E-state index in [4.69, 9.17) is 9.47 Å². The summed E-state index contributed by atoms with van der Waals surface area (Å²) in [4.78, 5) is 25.5. The van der Waals surface area contributed by atoms with E-state index in [2.05, 4.69) is 10.4 Å². The minimum Gasteiger partial charge on any atom is -0.494 e. The number of carbonyl (C=O) groups is 1. The van der Waals surface area contributed by atoms with E-state index in [9.17, 15) is 9.59 Å². The molecular formula is C25H23N3O4. The number of fused-ring (bicyclic) bond motifs is 1. The smallest absolute Gasteiger partial charge is 0.275 e. The summed E-state index contributed by atoms with van der Waals surface area (Å²) in [5.74, 6) is 1.47. The van der Waals surface area contributed by atoms with Gasteiger partial charge in [0.2, 0.25) is 5.91 Å². The molecular weight excluding hydrogens is 406 g/mol. The average Bonchev–Trinajstić information content (AvgIpc) is 2.80. The fraction of sp³-hybridized carbons (Fsp3) is 0.160. The summed E-state index contributed by atoms with van der Waals surface area (Å²) < 4.78 is 12.6. The molecule has 1 N–H and O–H groups in total. The number of ether oxygens (including phenoxy) is 2. The molecule has 7 heteroatoms. The molecule has 0 fully saturated rings. The Bertz CT molecular complexity index is 1310. The summed E-state index contributed by atoms with van der Waals surface area (Å²) in [5, 5.41) is 8.43. The third kappa shape index (κ3) is 4.62. The van der Waals surface area contributed by atoms with Gasteiger partial charge in [0.05, 0.1) is 23.4 Å². The van der Waals surface area contributed by atoms with Crippen molar-refractivity contribution in [3.05, 3.63) is 88.8 Å². The number of rotatable bonds is 7. The van der Waals surface area contributed by atoms with E-state index in [-0.39, 0.29) is 18.0 Å². The van der Waals surface area contributed by atoms with E-state index in [0.29, 0.717) is 34.9 Å². The number of nitrogens with zero attached hydrogens (tertiary/aromatic N) is 2. The molecule has 1 heterocycles. The standard InChI is InChI=1S/C25H23N3O4/c1-3-31-18-12-14-19(15-13-18)32-23-11-7-6-10-22(23)26-24(29)16-28-25(30)21-9-5-4-8-20(21)17(2)27-28/h4-15H,3,16H2,1-2H3,(H,26,29). The van der Waals surface area contributed by atoms with Crippen molar-refractivity contribution in [3.63, 3.8) is 0 Å². The zero-order valence-corrected chi connectivity index (χ0v) is 17.9. The molecule has 0 atom stereocenters. The number of anilines is 1. The highest BCUT2D eigenvalue weighted by Crippen LogP contribution is 2.30. The number of benzene rings is 3. The van der Waals surface area contributed by atoms with Gasteiger partial charge < -0.3 is 14.8 Å². The van der Waals surface area contributed by atoms with Crippen molar-refractivity contribution in [1.29, 1.82) is 0 Å². The van der Waals surface area contributed by atoms with Gasteiger partial charge in [0, 0.05) is 5.39 Å². The normalized spacial score (nSPS) is 10.7. The van der Waals surface area contributed by atoms with E-state index < -0.39 is 0 Å². The van der Waals surface area contributed by atoms with Crippen LogP contribution in [0, 0.1) is 6.92 Å². The Labute approximate surface area is 185 Å². The lowest BCUT2D eigenvalue weighted by Crippen LogP contribution is -2.30. The lowest BCUT2D eigenvalue weighted by Gasteiger charge is -2.13. The SMILES string of the molecule is CCOc1ccc(Oc2ccccc2NC(=O)Cn2nc(C)c3ccccc3c2=O)cc1. The van der Waals surface area contributed by atoms with Gasteiger partial charge >= 0.3 is 0 Å². The molecule has 4 aromatic rings. The van der Waals surface area contributed by atoms with Crippen LogP contribution in [0.1, 0.15) is 12.6 Å². The number of nitrogens with one attached hydrogen (secondary N) is 1. The molecule has 0 aliphatic heterocycles. The van der Waals surface area contributed by atoms with Gasteiger partial charge in [-0.2, -0.15) is 5.10 Å². The van der Waals surface area contributed by atoms with Gasteiger partial charge in [-0.1, -0.05) is 30.3 Å². The fourth-order valence-corrected chi connectivity index (χ4v) is 3.39. The summed E-state index contributed by atoms with van der Waals surface area (Å²) in [6.45, 7) is 4.12. The zero-order chi connectivity index (χ0) is 22.5. The van der Waals surface area contributed by atoms with Crippen molar-refractivity contribution in [2.75, 3.05) is 11.9 Å². The number of carbonyl (C=O) groups excluding carboxylic acids is 1. The molecule has 1 amide bonds. The predicted octanol–water partition coefficient (Wildman–Crippen LogP) is 4.53. The second-order valence-electron chi connectivity index (χ2n) is 7.14. The monoisotopic (exact) mass is 429 g/mol. The molecule has 0 saturated carbocycles. The van der Waals surface area contributed by atoms with E-state index in [1.807, 2.05) is 44.2 Å². The van der Waals surface area contributed by atoms with Crippen molar-refractivity contribution >= 4 is 22.4 Å². The Hall–Kier alpha value is -4.13. The van der Waals surface area contributed by atoms with Crippen LogP contribution in [0.15, 0.2) is 77.6 Å². The van der Waals surface area contributed by atoms with Gasteiger partial charge in [-0.15, -0.1) is 0 Å². The molecule has 0 radical (unpaired) electrons. The van der Waals surface area contributed by atoms with Crippen LogP contribution in [0.25, 0.3) is 10.8 Å². The maximum atomic E-state index is 12.7. The number of hydrogen-bond donors (Lipinski definition) is 1. The molecule has 1 aromatic heterocycles. The predicted molar refractivity (Wildman–Crippen MR) is 123 cm³/mol. The van der Waals surface area contributed by atoms with E-state index in [0.717, 1.165) is 11.1 Å². The Morgan fingerprint density at radius 3 is 2.34 bits per heavy atom. The maximum Gasteiger partial charge on any atom is 0.275 e. The van der Waals surface area contributed by atoms with Crippen LogP contribution < -0.4 is 20.3 Å². The number of aryl methyl sites for hydroxylation is 1. The van der Waals surface area contributed by atoms with Crippen LogP contribution in [0.5, 0.6) is 17.2 Å². The van der Waals surface area contributed by atoms with Crippen molar-refractivity contribution in [1.82, 2.24) is 9.78 Å². The van der Waals surface area contributed by atoms with Gasteiger partial charge in [-0.3, -0.25) is 9.59 Å². The topological polar surface area (TPSA) is 82.4 Å². The largest absolute Gasteiger partial charge is 0.494 e. The van der Waals surface area contributed by atoms with Gasteiger partial charge in [0.15, 0.2) is 5.75 Å². The van der Waals surface area contributed by atoms with E-state index in [1.165, 1.54) is 4.68 Å². The van der Waals surface area contributed by atoms with Crippen LogP contribution in [0.3, 0.4) is 0 Å². The Morgan fingerprint density at radius 2 is 1.59 bits per heavy atom. The van der Waals surface area contributed by atoms with Gasteiger partial charge in [-0.05, 0) is 56.3 Å². The molecule has 7 nitrogen and oxygen atoms in total. The Morgan fingerprint density at radius 1 is 0.938 bits per heavy atom. The second-order valence-corrected chi connectivity index (χ2v) is 7.14. The molecule has 0 bridgehead atoms. The van der Waals surface area contributed by atoms with Crippen LogP contribution >= 0.6 is 0 Å². The summed E-state index contributed by atoms with van der Waals surface area (Å²) in [6, 6.07) is 21.6. The lowest BCUT2D eigenvalue weighted by atomic mass is 10.1. The highest BCUT2D eigenvalue weighted by molar-refractivity contribution is 5.92. The summed E-state index contributed by atoms with van der Waals surface area (Å²) in [6.07, 6.45) is 0. The maximum absolute atomic E-state index is 12.7. The quantitative estimate of drug-likeness (QED) is 0.467. The Kier molecular flexibility index (Phi) is 6.17. The van der Waals surface area contributed by atoms with Gasteiger partial charge in [0.25, 0.3) is 5.56 Å². The van der Waals surface area contributed by atoms with Crippen molar-refractivity contribution in [3.8, 4) is 17.2 Å². The van der Waals surface area contributed by atoms with Crippen LogP contribution in [0.4, 0.5) is 5.69 Å². The minimum atomic E-state index is -0.378. The molecule has 32 heavy (non-hydrogen) atoms. The number of hydrogen-bond acceptors (Lipinski definition) is 5. The molecule has 3 aromatic carbocycles. The summed E-state index contributed by atoms with van der Waals surface area (Å²) >= 11 is 0. The Balaban J connectivity index is 1.51. The average molecular weight is 429 g/mol. The first kappa shape index (κ1) is 21.1. The third-order valence-electron chi connectivity index (χ3n) is 4.87. The lowest BCUT2D eigenvalue weighted by molar-refractivity contribution is -0.117. The highest BCUT2D eigenvalue weighted by atomic mass is 16.5. The number of para-hydroxylation sites is 2. The molecule has 0 unspecified atom stereocenters. The molecule has 162 valence electrons. The third-order valence-corrected chi connectivity index (χ3v) is 4.87. The summed E-state index contributed by atoms with van der Waals surface area (Å²) in [7, 11) is 0. The fourth-order valence-electron chi connectivity index (χ4n) is 3.39. The highest BCUT2D eigenvalue weighted by Gasteiger charge is 2.13. The minimum absolute atomic E-state index is 0.206. The molecule has 0 saturated heterocycles. The van der Waals surface area contributed by atoms with Crippen molar-refractivity contribution < 1.29 is 14.3 Å². The molecule has 0 aliphatic carbocycles. The first-order chi connectivity index (χ1) is 15.5. The zero-order valence-electron chi connectivity index (χ0n) is 17.9. The molecule has 0 spiro atoms. The number of amides is 1. The first-order valence-corrected chi connectivity index (χ1v) is 10.3. The van der Waals surface area contributed by atoms with Crippen LogP contribution in [0.2, 0.25) is 0 Å². The van der Waals surface area contributed by atoms with Gasteiger partial charge in [0.1, 0.15) is 18.0 Å². The van der Waals surface area contributed by atoms with Crippen molar-refractivity contribution in [2.24, 2.45) is 0 Å². The van der Waals surface area contributed by atoms with Crippen molar-refractivity contribution in [2.45, 2.75) is 20.4 Å².